The van der Waals surface area contributed by atoms with Crippen molar-refractivity contribution in [2.45, 2.75) is 27.7 Å². The third kappa shape index (κ3) is 28.1. The topological polar surface area (TPSA) is 28.2 Å². The molecule has 25 heavy (non-hydrogen) atoms. The summed E-state index contributed by atoms with van der Waals surface area (Å²) in [4.78, 5) is 0. The molecule has 0 N–H and O–H groups in total. The maximum absolute atomic E-state index is 3.97. The van der Waals surface area contributed by atoms with Crippen molar-refractivity contribution in [1.29, 1.82) is 0 Å². The van der Waals surface area contributed by atoms with E-state index in [2.05, 4.69) is 24.5 Å². The van der Waals surface area contributed by atoms with Crippen LogP contribution in [0.3, 0.4) is 0 Å². The Morgan fingerprint density at radius 3 is 0.880 bits per heavy atom. The van der Waals surface area contributed by atoms with Crippen LogP contribution in [-0.4, -0.2) is 26.2 Å². The first-order valence-corrected chi connectivity index (χ1v) is 8.62. The van der Waals surface area contributed by atoms with Gasteiger partial charge in [0.1, 0.15) is 0 Å². The van der Waals surface area contributed by atoms with Crippen LogP contribution in [0.15, 0.2) is 60.7 Å². The second-order valence-electron chi connectivity index (χ2n) is 4.68. The van der Waals surface area contributed by atoms with Crippen LogP contribution in [0.1, 0.15) is 38.8 Å². The summed E-state index contributed by atoms with van der Waals surface area (Å²) in [5.74, 6) is 0. The molecular weight excluding hydrogens is 471 g/mol. The van der Waals surface area contributed by atoms with Gasteiger partial charge in [-0.2, -0.15) is 75.4 Å². The van der Waals surface area contributed by atoms with Gasteiger partial charge in [-0.1, -0.05) is 39.8 Å². The van der Waals surface area contributed by atoms with E-state index in [0.717, 1.165) is 37.3 Å². The van der Waals surface area contributed by atoms with Gasteiger partial charge >= 0.3 is 25.8 Å². The van der Waals surface area contributed by atoms with Crippen molar-refractivity contribution in [2.24, 2.45) is 0 Å². The molecule has 0 amide bonds. The molecule has 0 aliphatic carbocycles. The smallest absolute Gasteiger partial charge is 0.663 e. The van der Waals surface area contributed by atoms with E-state index in [9.17, 15) is 0 Å². The summed E-state index contributed by atoms with van der Waals surface area (Å²) >= 11 is 0. The first kappa shape index (κ1) is 28.8. The normalized spacial score (nSPS) is 8.16. The zero-order valence-corrected chi connectivity index (χ0v) is 20.0. The average molecular weight is 505 g/mol. The molecule has 2 nitrogen and oxygen atoms in total. The van der Waals surface area contributed by atoms with Crippen LogP contribution < -0.4 is 0 Å². The van der Waals surface area contributed by atoms with Crippen molar-refractivity contribution in [3.63, 3.8) is 0 Å². The summed E-state index contributed by atoms with van der Waals surface area (Å²) in [5, 5.41) is 7.94. The average Bonchev–Trinajstić information content (AvgIpc) is 2.59. The van der Waals surface area contributed by atoms with E-state index in [4.69, 9.17) is 0 Å². The van der Waals surface area contributed by atoms with E-state index in [1.165, 1.54) is 0 Å². The molecule has 2 aromatic rings. The first-order chi connectivity index (χ1) is 11.6. The Balaban J connectivity index is -0.000000259. The fourth-order valence-corrected chi connectivity index (χ4v) is 1.40. The predicted molar refractivity (Wildman–Crippen MR) is 111 cm³/mol. The molecule has 0 spiro atoms. The fourth-order valence-electron chi connectivity index (χ4n) is 1.40. The van der Waals surface area contributed by atoms with Crippen molar-refractivity contribution in [3.8, 4) is 0 Å². The molecule has 0 heterocycles. The first-order valence-electron chi connectivity index (χ1n) is 8.62. The molecule has 0 saturated carbocycles. The zero-order chi connectivity index (χ0) is 18.5. The van der Waals surface area contributed by atoms with Gasteiger partial charge in [0.05, 0.1) is 0 Å². The van der Waals surface area contributed by atoms with Crippen LogP contribution in [0, 0.1) is 13.8 Å². The number of hydrogen-bond acceptors (Lipinski definition) is 0. The van der Waals surface area contributed by atoms with Crippen molar-refractivity contribution in [1.82, 2.24) is 0 Å². The number of benzene rings is 2. The van der Waals surface area contributed by atoms with Crippen molar-refractivity contribution >= 4 is 0 Å². The van der Waals surface area contributed by atoms with Gasteiger partial charge in [0, 0.05) is 0 Å². The van der Waals surface area contributed by atoms with Crippen LogP contribution in [-0.2, 0) is 25.8 Å². The number of rotatable bonds is 4. The standard InChI is InChI=1S/2C7H7.2C4H10N.Hf/c2*1-7-5-3-2-4-6-7;2*1-3-5-4-2;/h2*2-6H,1H2;2*3-4H2,1-2H3;/q4*-1;+4. The Hall–Kier alpha value is -1.03. The van der Waals surface area contributed by atoms with Crippen LogP contribution in [0.25, 0.3) is 10.6 Å². The molecule has 0 aromatic heterocycles. The van der Waals surface area contributed by atoms with E-state index >= 15 is 0 Å². The summed E-state index contributed by atoms with van der Waals surface area (Å²) in [7, 11) is 0. The Labute approximate surface area is 175 Å². The fraction of sp³-hybridized carbons (Fsp3) is 0.364. The Morgan fingerprint density at radius 1 is 0.560 bits per heavy atom. The van der Waals surface area contributed by atoms with Crippen LogP contribution >= 0.6 is 0 Å². The van der Waals surface area contributed by atoms with Gasteiger partial charge in [0.2, 0.25) is 0 Å². The monoisotopic (exact) mass is 506 g/mol. The van der Waals surface area contributed by atoms with Crippen LogP contribution in [0.5, 0.6) is 0 Å². The summed E-state index contributed by atoms with van der Waals surface area (Å²) in [6.45, 7) is 19.5. The van der Waals surface area contributed by atoms with Gasteiger partial charge in [-0.25, -0.2) is 0 Å². The largest absolute Gasteiger partial charge is 4.00 e. The number of nitrogens with zero attached hydrogens (tertiary/aromatic N) is 2. The SMILES string of the molecule is CC[N-]CC.CC[N-]CC.[CH2-]c1ccccc1.[CH2-]c1ccccc1.[Hf+4]. The molecule has 0 bridgehead atoms. The summed E-state index contributed by atoms with van der Waals surface area (Å²) in [5.41, 5.74) is 2.14. The molecule has 0 aliphatic rings. The summed E-state index contributed by atoms with van der Waals surface area (Å²) in [6.07, 6.45) is 0. The Morgan fingerprint density at radius 2 is 0.800 bits per heavy atom. The Bertz CT molecular complexity index is 385. The molecule has 0 radical (unpaired) electrons. The van der Waals surface area contributed by atoms with Crippen LogP contribution in [0.2, 0.25) is 0 Å². The van der Waals surface area contributed by atoms with Gasteiger partial charge in [-0.15, -0.1) is 24.3 Å². The van der Waals surface area contributed by atoms with Gasteiger partial charge in [0.15, 0.2) is 0 Å². The van der Waals surface area contributed by atoms with Gasteiger partial charge in [0.25, 0.3) is 0 Å². The molecule has 2 rings (SSSR count). The minimum atomic E-state index is 0. The molecule has 3 heteroatoms. The third-order valence-electron chi connectivity index (χ3n) is 2.58. The van der Waals surface area contributed by atoms with E-state index in [-0.39, 0.29) is 25.8 Å². The second-order valence-corrected chi connectivity index (χ2v) is 4.68. The molecule has 0 saturated heterocycles. The number of hydrogen-bond donors (Lipinski definition) is 0. The molecule has 0 fully saturated rings. The zero-order valence-electron chi connectivity index (χ0n) is 16.4. The maximum atomic E-state index is 3.97. The third-order valence-corrected chi connectivity index (χ3v) is 2.58. The molecule has 136 valence electrons. The molecule has 0 aliphatic heterocycles. The van der Waals surface area contributed by atoms with Gasteiger partial charge in [-0.05, 0) is 0 Å². The predicted octanol–water partition coefficient (Wildman–Crippen LogP) is 6.53. The molecule has 0 unspecified atom stereocenters. The minimum absolute atomic E-state index is 0. The molecule has 2 aromatic carbocycles. The van der Waals surface area contributed by atoms with E-state index < -0.39 is 0 Å². The van der Waals surface area contributed by atoms with E-state index in [0.29, 0.717) is 0 Å². The second kappa shape index (κ2) is 25.2. The van der Waals surface area contributed by atoms with Gasteiger partial charge < -0.3 is 10.6 Å². The van der Waals surface area contributed by atoms with E-state index in [1.807, 2.05) is 88.4 Å². The quantitative estimate of drug-likeness (QED) is 0.334. The van der Waals surface area contributed by atoms with Crippen molar-refractivity contribution in [2.75, 3.05) is 26.2 Å². The minimum Gasteiger partial charge on any atom is -0.663 e. The van der Waals surface area contributed by atoms with Crippen molar-refractivity contribution in [3.05, 3.63) is 96.3 Å². The maximum Gasteiger partial charge on any atom is 4.00 e. The molecule has 0 atom stereocenters. The van der Waals surface area contributed by atoms with Crippen LogP contribution in [0.4, 0.5) is 0 Å². The van der Waals surface area contributed by atoms with Gasteiger partial charge in [-0.3, -0.25) is 0 Å². The van der Waals surface area contributed by atoms with Crippen molar-refractivity contribution < 1.29 is 25.8 Å². The molecular formula is C22H34HfN2. The summed E-state index contributed by atoms with van der Waals surface area (Å²) < 4.78 is 0. The van der Waals surface area contributed by atoms with E-state index in [1.54, 1.807) is 0 Å². The Kier molecular flexibility index (Phi) is 29.0. The summed E-state index contributed by atoms with van der Waals surface area (Å²) in [6, 6.07) is 19.7.